The fourth-order valence-corrected chi connectivity index (χ4v) is 4.83. The van der Waals surface area contributed by atoms with Gasteiger partial charge in [-0.25, -0.2) is 13.9 Å². The summed E-state index contributed by atoms with van der Waals surface area (Å²) in [5, 5.41) is 5.49. The first-order chi connectivity index (χ1) is 16.1. The van der Waals surface area contributed by atoms with Crippen LogP contribution < -0.4 is 9.64 Å². The second-order valence-corrected chi connectivity index (χ2v) is 8.89. The van der Waals surface area contributed by atoms with Crippen LogP contribution in [0.15, 0.2) is 42.9 Å². The number of imidazole rings is 1. The lowest BCUT2D eigenvalue weighted by Crippen LogP contribution is -2.63. The number of halogens is 1. The first kappa shape index (κ1) is 20.3. The van der Waals surface area contributed by atoms with Gasteiger partial charge < -0.3 is 14.5 Å². The highest BCUT2D eigenvalue weighted by Crippen LogP contribution is 2.33. The standard InChI is InChI=1S/C24H26FN7O/c1-29-5-7-30(8-6-29)17-14-31(15-17)16-9-24-27-13-22(32(24)28-12-16)18-3-4-26-21-11-20(25)23(33-2)10-19(18)21/h3-4,9-13,17H,5-8,14-15H2,1-2H3. The highest BCUT2D eigenvalue weighted by atomic mass is 19.1. The molecule has 170 valence electrons. The summed E-state index contributed by atoms with van der Waals surface area (Å²) in [5.74, 6) is -0.242. The SMILES string of the molecule is COc1cc2c(-c3cnc4cc(N5CC(N6CCN(C)CC6)C5)cnn34)ccnc2cc1F. The molecule has 0 bridgehead atoms. The van der Waals surface area contributed by atoms with Crippen molar-refractivity contribution >= 4 is 22.2 Å². The van der Waals surface area contributed by atoms with Crippen molar-refractivity contribution in [2.45, 2.75) is 6.04 Å². The van der Waals surface area contributed by atoms with Crippen molar-refractivity contribution < 1.29 is 9.13 Å². The van der Waals surface area contributed by atoms with Gasteiger partial charge in [0, 0.05) is 74.6 Å². The van der Waals surface area contributed by atoms with E-state index in [9.17, 15) is 4.39 Å². The fraction of sp³-hybridized carbons (Fsp3) is 0.375. The number of rotatable bonds is 4. The molecule has 0 aliphatic carbocycles. The van der Waals surface area contributed by atoms with Gasteiger partial charge in [-0.05, 0) is 19.2 Å². The highest BCUT2D eigenvalue weighted by Gasteiger charge is 2.33. The zero-order valence-corrected chi connectivity index (χ0v) is 18.8. The fourth-order valence-electron chi connectivity index (χ4n) is 4.83. The molecule has 8 nitrogen and oxygen atoms in total. The molecule has 1 aromatic carbocycles. The van der Waals surface area contributed by atoms with Crippen molar-refractivity contribution in [3.63, 3.8) is 0 Å². The lowest BCUT2D eigenvalue weighted by atomic mass is 10.1. The van der Waals surface area contributed by atoms with Crippen LogP contribution in [0, 0.1) is 5.82 Å². The molecule has 0 radical (unpaired) electrons. The molecule has 2 aliphatic heterocycles. The van der Waals surface area contributed by atoms with E-state index >= 15 is 0 Å². The van der Waals surface area contributed by atoms with Crippen molar-refractivity contribution in [1.29, 1.82) is 0 Å². The highest BCUT2D eigenvalue weighted by molar-refractivity contribution is 5.94. The summed E-state index contributed by atoms with van der Waals surface area (Å²) in [6.45, 7) is 6.62. The number of benzene rings is 1. The number of anilines is 1. The number of piperazine rings is 1. The first-order valence-corrected chi connectivity index (χ1v) is 11.2. The molecule has 5 heterocycles. The van der Waals surface area contributed by atoms with E-state index in [0.717, 1.165) is 67.2 Å². The van der Waals surface area contributed by atoms with Gasteiger partial charge in [0.15, 0.2) is 17.2 Å². The van der Waals surface area contributed by atoms with Crippen molar-refractivity contribution in [3.05, 3.63) is 48.7 Å². The van der Waals surface area contributed by atoms with E-state index in [4.69, 9.17) is 9.84 Å². The molecule has 0 atom stereocenters. The second kappa shape index (κ2) is 7.93. The summed E-state index contributed by atoms with van der Waals surface area (Å²) < 4.78 is 21.2. The number of ether oxygens (including phenoxy) is 1. The van der Waals surface area contributed by atoms with Crippen LogP contribution in [0.3, 0.4) is 0 Å². The summed E-state index contributed by atoms with van der Waals surface area (Å²) in [4.78, 5) is 16.3. The molecule has 0 unspecified atom stereocenters. The van der Waals surface area contributed by atoms with Gasteiger partial charge in [-0.3, -0.25) is 9.88 Å². The van der Waals surface area contributed by atoms with Crippen molar-refractivity contribution in [3.8, 4) is 17.0 Å². The average Bonchev–Trinajstić information content (AvgIpc) is 3.21. The topological polar surface area (TPSA) is 62.0 Å². The number of fused-ring (bicyclic) bond motifs is 2. The van der Waals surface area contributed by atoms with E-state index in [2.05, 4.69) is 37.8 Å². The molecule has 6 rings (SSSR count). The van der Waals surface area contributed by atoms with E-state index < -0.39 is 5.82 Å². The Labute approximate surface area is 191 Å². The maximum atomic E-state index is 14.2. The van der Waals surface area contributed by atoms with Gasteiger partial charge in [0.05, 0.1) is 36.4 Å². The molecule has 2 saturated heterocycles. The maximum Gasteiger partial charge on any atom is 0.167 e. The summed E-state index contributed by atoms with van der Waals surface area (Å²) in [6.07, 6.45) is 5.39. The van der Waals surface area contributed by atoms with Crippen LogP contribution in [0.1, 0.15) is 0 Å². The molecular weight excluding hydrogens is 421 g/mol. The monoisotopic (exact) mass is 447 g/mol. The minimum absolute atomic E-state index is 0.188. The normalized spacial score (nSPS) is 18.2. The van der Waals surface area contributed by atoms with Gasteiger partial charge >= 0.3 is 0 Å². The lowest BCUT2D eigenvalue weighted by Gasteiger charge is -2.48. The van der Waals surface area contributed by atoms with Gasteiger partial charge in [-0.2, -0.15) is 5.10 Å². The van der Waals surface area contributed by atoms with Crippen molar-refractivity contribution in [2.24, 2.45) is 0 Å². The number of aromatic nitrogens is 4. The van der Waals surface area contributed by atoms with Gasteiger partial charge in [-0.1, -0.05) is 0 Å². The Morgan fingerprint density at radius 2 is 1.85 bits per heavy atom. The Kier molecular flexibility index (Phi) is 4.88. The van der Waals surface area contributed by atoms with Gasteiger partial charge in [0.1, 0.15) is 0 Å². The van der Waals surface area contributed by atoms with E-state index in [-0.39, 0.29) is 5.75 Å². The first-order valence-electron chi connectivity index (χ1n) is 11.2. The van der Waals surface area contributed by atoms with Crippen LogP contribution in [-0.2, 0) is 0 Å². The second-order valence-electron chi connectivity index (χ2n) is 8.89. The van der Waals surface area contributed by atoms with Crippen LogP contribution in [0.4, 0.5) is 10.1 Å². The predicted molar refractivity (Wildman–Crippen MR) is 125 cm³/mol. The van der Waals surface area contributed by atoms with E-state index in [1.165, 1.54) is 13.2 Å². The minimum Gasteiger partial charge on any atom is -0.494 e. The quantitative estimate of drug-likeness (QED) is 0.476. The summed E-state index contributed by atoms with van der Waals surface area (Å²) in [6, 6.07) is 7.67. The van der Waals surface area contributed by atoms with Crippen molar-refractivity contribution in [1.82, 2.24) is 29.4 Å². The molecule has 33 heavy (non-hydrogen) atoms. The average molecular weight is 448 g/mol. The Morgan fingerprint density at radius 1 is 1.03 bits per heavy atom. The Morgan fingerprint density at radius 3 is 2.64 bits per heavy atom. The Balaban J connectivity index is 1.27. The summed E-state index contributed by atoms with van der Waals surface area (Å²) in [5.41, 5.74) is 4.15. The van der Waals surface area contributed by atoms with Crippen molar-refractivity contribution in [2.75, 3.05) is 58.3 Å². The third-order valence-corrected chi connectivity index (χ3v) is 6.92. The molecule has 0 saturated carbocycles. The molecule has 4 aromatic rings. The number of hydrogen-bond acceptors (Lipinski definition) is 7. The van der Waals surface area contributed by atoms with Gasteiger partial charge in [0.25, 0.3) is 0 Å². The van der Waals surface area contributed by atoms with Crippen LogP contribution in [-0.4, -0.2) is 88.8 Å². The number of methoxy groups -OCH3 is 1. The zero-order chi connectivity index (χ0) is 22.5. The molecule has 9 heteroatoms. The molecule has 3 aromatic heterocycles. The third kappa shape index (κ3) is 3.48. The number of pyridine rings is 1. The molecule has 0 N–H and O–H groups in total. The maximum absolute atomic E-state index is 14.2. The number of likely N-dealkylation sites (N-methyl/N-ethyl adjacent to an activating group) is 1. The molecule has 2 fully saturated rings. The van der Waals surface area contributed by atoms with Crippen LogP contribution in [0.25, 0.3) is 27.8 Å². The Hall–Kier alpha value is -3.30. The molecular formula is C24H26FN7O. The predicted octanol–water partition coefficient (Wildman–Crippen LogP) is 2.53. The molecule has 0 spiro atoms. The zero-order valence-electron chi connectivity index (χ0n) is 18.8. The smallest absolute Gasteiger partial charge is 0.167 e. The van der Waals surface area contributed by atoms with E-state index in [1.54, 1.807) is 18.5 Å². The summed E-state index contributed by atoms with van der Waals surface area (Å²) in [7, 11) is 3.65. The third-order valence-electron chi connectivity index (χ3n) is 6.92. The van der Waals surface area contributed by atoms with Gasteiger partial charge in [0.2, 0.25) is 0 Å². The molecule has 2 aliphatic rings. The minimum atomic E-state index is -0.431. The van der Waals surface area contributed by atoms with E-state index in [0.29, 0.717) is 11.6 Å². The largest absolute Gasteiger partial charge is 0.494 e. The van der Waals surface area contributed by atoms with Gasteiger partial charge in [-0.15, -0.1) is 0 Å². The van der Waals surface area contributed by atoms with Crippen LogP contribution >= 0.6 is 0 Å². The summed E-state index contributed by atoms with van der Waals surface area (Å²) >= 11 is 0. The van der Waals surface area contributed by atoms with Crippen LogP contribution in [0.2, 0.25) is 0 Å². The Bertz CT molecular complexity index is 1330. The molecule has 0 amide bonds. The lowest BCUT2D eigenvalue weighted by molar-refractivity contribution is 0.0963. The number of nitrogens with zero attached hydrogens (tertiary/aromatic N) is 7. The van der Waals surface area contributed by atoms with Crippen LogP contribution in [0.5, 0.6) is 5.75 Å². The van der Waals surface area contributed by atoms with E-state index in [1.807, 2.05) is 16.8 Å². The number of hydrogen-bond donors (Lipinski definition) is 0.